The van der Waals surface area contributed by atoms with E-state index >= 15 is 0 Å². The van der Waals surface area contributed by atoms with Crippen molar-refractivity contribution in [3.05, 3.63) is 107 Å². The topological polar surface area (TPSA) is 131 Å². The first-order valence-corrected chi connectivity index (χ1v) is 15.6. The molecule has 4 rings (SSSR count). The van der Waals surface area contributed by atoms with Crippen molar-refractivity contribution in [1.29, 1.82) is 0 Å². The average molecular weight is 594 g/mol. The van der Waals surface area contributed by atoms with Crippen LogP contribution in [-0.2, 0) is 20.0 Å². The van der Waals surface area contributed by atoms with Gasteiger partial charge in [0.2, 0.25) is 0 Å². The molecule has 4 aromatic carbocycles. The molecule has 0 spiro atoms. The Hall–Kier alpha value is -4.35. The number of ether oxygens (including phenoxy) is 1. The normalized spacial score (nSPS) is 11.5. The second-order valence-electron chi connectivity index (χ2n) is 9.56. The molecule has 4 aromatic rings. The summed E-state index contributed by atoms with van der Waals surface area (Å²) < 4.78 is 63.1. The Bertz CT molecular complexity index is 1810. The molecule has 0 fully saturated rings. The first kappa shape index (κ1) is 29.6. The lowest BCUT2D eigenvalue weighted by Crippen LogP contribution is -2.20. The van der Waals surface area contributed by atoms with Crippen molar-refractivity contribution < 1.29 is 26.4 Å². The zero-order valence-corrected chi connectivity index (χ0v) is 24.9. The summed E-state index contributed by atoms with van der Waals surface area (Å²) in [5.74, 6) is -0.0330. The number of hydrogen-bond acceptors (Lipinski definition) is 6. The number of rotatable bonds is 9. The molecule has 0 saturated heterocycles. The van der Waals surface area contributed by atoms with Gasteiger partial charge in [-0.2, -0.15) is 0 Å². The number of methoxy groups -OCH3 is 1. The molecule has 1 amide bonds. The summed E-state index contributed by atoms with van der Waals surface area (Å²) in [6, 6.07) is 20.3. The molecule has 0 aliphatic rings. The Balaban J connectivity index is 1.58. The highest BCUT2D eigenvalue weighted by Crippen LogP contribution is 2.29. The van der Waals surface area contributed by atoms with Gasteiger partial charge >= 0.3 is 0 Å². The monoisotopic (exact) mass is 593 g/mol. The minimum absolute atomic E-state index is 0.0686. The van der Waals surface area contributed by atoms with Crippen molar-refractivity contribution in [2.24, 2.45) is 0 Å². The second-order valence-corrected chi connectivity index (χ2v) is 12.9. The van der Waals surface area contributed by atoms with Crippen LogP contribution in [-0.4, -0.2) is 29.9 Å². The molecule has 0 aliphatic carbocycles. The predicted molar refractivity (Wildman–Crippen MR) is 161 cm³/mol. The van der Waals surface area contributed by atoms with Crippen LogP contribution in [0.4, 0.5) is 17.1 Å². The van der Waals surface area contributed by atoms with E-state index in [1.807, 2.05) is 19.9 Å². The van der Waals surface area contributed by atoms with Crippen LogP contribution in [0.5, 0.6) is 5.75 Å². The van der Waals surface area contributed by atoms with Crippen molar-refractivity contribution in [2.75, 3.05) is 21.9 Å². The van der Waals surface area contributed by atoms with E-state index in [1.165, 1.54) is 37.4 Å². The number of carbonyl (C=O) groups is 1. The Morgan fingerprint density at radius 2 is 1.32 bits per heavy atom. The molecule has 214 valence electrons. The van der Waals surface area contributed by atoms with E-state index in [9.17, 15) is 21.6 Å². The van der Waals surface area contributed by atoms with Gasteiger partial charge in [0.25, 0.3) is 26.0 Å². The lowest BCUT2D eigenvalue weighted by atomic mass is 10.0. The van der Waals surface area contributed by atoms with Crippen molar-refractivity contribution in [3.63, 3.8) is 0 Å². The fourth-order valence-corrected chi connectivity index (χ4v) is 7.16. The Labute approximate surface area is 240 Å². The third-order valence-corrected chi connectivity index (χ3v) is 9.74. The number of nitrogens with one attached hydrogen (secondary N) is 3. The number of carbonyl (C=O) groups excluding carboxylic acids is 1. The predicted octanol–water partition coefficient (Wildman–Crippen LogP) is 5.78. The number of para-hydroxylation sites is 1. The highest BCUT2D eigenvalue weighted by atomic mass is 32.2. The number of sulfonamides is 2. The van der Waals surface area contributed by atoms with Crippen molar-refractivity contribution in [1.82, 2.24) is 0 Å². The first-order chi connectivity index (χ1) is 19.3. The highest BCUT2D eigenvalue weighted by Gasteiger charge is 2.24. The summed E-state index contributed by atoms with van der Waals surface area (Å²) in [5, 5.41) is 2.67. The zero-order chi connectivity index (χ0) is 29.9. The third kappa shape index (κ3) is 6.53. The van der Waals surface area contributed by atoms with E-state index in [0.29, 0.717) is 22.6 Å². The van der Waals surface area contributed by atoms with Crippen LogP contribution in [0.25, 0.3) is 0 Å². The average Bonchev–Trinajstić information content (AvgIpc) is 2.92. The molecule has 0 saturated carbocycles. The van der Waals surface area contributed by atoms with Crippen LogP contribution in [0, 0.1) is 27.7 Å². The van der Waals surface area contributed by atoms with Crippen LogP contribution in [0.3, 0.4) is 0 Å². The first-order valence-electron chi connectivity index (χ1n) is 12.6. The maximum Gasteiger partial charge on any atom is 0.262 e. The van der Waals surface area contributed by atoms with Gasteiger partial charge in [0.1, 0.15) is 5.75 Å². The molecule has 0 radical (unpaired) electrons. The molecular weight excluding hydrogens is 562 g/mol. The lowest BCUT2D eigenvalue weighted by Gasteiger charge is -2.18. The van der Waals surface area contributed by atoms with Crippen LogP contribution in [0.15, 0.2) is 88.7 Å². The van der Waals surface area contributed by atoms with E-state index in [2.05, 4.69) is 14.8 Å². The van der Waals surface area contributed by atoms with E-state index in [4.69, 9.17) is 4.74 Å². The Kier molecular flexibility index (Phi) is 8.41. The molecule has 0 aromatic heterocycles. The van der Waals surface area contributed by atoms with Gasteiger partial charge in [-0.15, -0.1) is 0 Å². The summed E-state index contributed by atoms with van der Waals surface area (Å²) in [7, 11) is -6.49. The standard InChI is InChI=1S/C30H31N3O6S2/c1-19-17-20(2)22(4)29(21(19)3)41(37,38)33-28-12-7-6-11-27(28)30(34)31-24-9-8-10-26(18-24)40(35,36)32-23-13-15-25(39-5)16-14-23/h6-18,32-33H,1-5H3,(H,31,34). The van der Waals surface area contributed by atoms with Gasteiger partial charge in [-0.1, -0.05) is 24.3 Å². The fraction of sp³-hybridized carbons (Fsp3) is 0.167. The van der Waals surface area contributed by atoms with Crippen LogP contribution >= 0.6 is 0 Å². The summed E-state index contributed by atoms with van der Waals surface area (Å²) in [4.78, 5) is 13.4. The number of benzene rings is 4. The Morgan fingerprint density at radius 1 is 0.683 bits per heavy atom. The number of hydrogen-bond donors (Lipinski definition) is 3. The summed E-state index contributed by atoms with van der Waals surface area (Å²) >= 11 is 0. The quantitative estimate of drug-likeness (QED) is 0.225. The van der Waals surface area contributed by atoms with Crippen LogP contribution < -0.4 is 19.5 Å². The number of aryl methyl sites for hydroxylation is 2. The van der Waals surface area contributed by atoms with E-state index in [0.717, 1.165) is 11.1 Å². The van der Waals surface area contributed by atoms with Crippen LogP contribution in [0.1, 0.15) is 32.6 Å². The maximum atomic E-state index is 13.5. The van der Waals surface area contributed by atoms with E-state index in [1.54, 1.807) is 56.3 Å². The minimum Gasteiger partial charge on any atom is -0.497 e. The van der Waals surface area contributed by atoms with Gasteiger partial charge in [0, 0.05) is 11.4 Å². The van der Waals surface area contributed by atoms with Crippen molar-refractivity contribution in [2.45, 2.75) is 37.5 Å². The molecule has 0 atom stereocenters. The highest BCUT2D eigenvalue weighted by molar-refractivity contribution is 7.93. The third-order valence-electron chi connectivity index (χ3n) is 6.73. The van der Waals surface area contributed by atoms with Gasteiger partial charge in [-0.05, 0) is 105 Å². The largest absolute Gasteiger partial charge is 0.497 e. The molecule has 0 bridgehead atoms. The molecule has 11 heteroatoms. The van der Waals surface area contributed by atoms with Gasteiger partial charge in [-0.3, -0.25) is 14.2 Å². The van der Waals surface area contributed by atoms with Gasteiger partial charge < -0.3 is 10.1 Å². The SMILES string of the molecule is COc1ccc(NS(=O)(=O)c2cccc(NC(=O)c3ccccc3NS(=O)(=O)c3c(C)c(C)cc(C)c3C)c2)cc1. The molecule has 9 nitrogen and oxygen atoms in total. The summed E-state index contributed by atoms with van der Waals surface area (Å²) in [6.45, 7) is 7.20. The summed E-state index contributed by atoms with van der Waals surface area (Å²) in [6.07, 6.45) is 0. The van der Waals surface area contributed by atoms with E-state index in [-0.39, 0.29) is 26.7 Å². The van der Waals surface area contributed by atoms with Crippen molar-refractivity contribution in [3.8, 4) is 5.75 Å². The lowest BCUT2D eigenvalue weighted by molar-refractivity contribution is 0.102. The molecular formula is C30H31N3O6S2. The zero-order valence-electron chi connectivity index (χ0n) is 23.3. The van der Waals surface area contributed by atoms with Gasteiger partial charge in [0.15, 0.2) is 0 Å². The van der Waals surface area contributed by atoms with Gasteiger partial charge in [0.05, 0.1) is 28.2 Å². The molecule has 41 heavy (non-hydrogen) atoms. The number of amides is 1. The summed E-state index contributed by atoms with van der Waals surface area (Å²) in [5.41, 5.74) is 3.66. The molecule has 0 heterocycles. The fourth-order valence-electron chi connectivity index (χ4n) is 4.36. The molecule has 0 unspecified atom stereocenters. The second kappa shape index (κ2) is 11.6. The maximum absolute atomic E-state index is 13.5. The van der Waals surface area contributed by atoms with E-state index < -0.39 is 26.0 Å². The molecule has 3 N–H and O–H groups in total. The van der Waals surface area contributed by atoms with Crippen LogP contribution in [0.2, 0.25) is 0 Å². The number of anilines is 3. The van der Waals surface area contributed by atoms with Crippen molar-refractivity contribution >= 4 is 43.0 Å². The smallest absolute Gasteiger partial charge is 0.262 e. The molecule has 0 aliphatic heterocycles. The Morgan fingerprint density at radius 3 is 1.95 bits per heavy atom. The minimum atomic E-state index is -4.03. The van der Waals surface area contributed by atoms with Gasteiger partial charge in [-0.25, -0.2) is 16.8 Å².